The van der Waals surface area contributed by atoms with Crippen LogP contribution in [0.15, 0.2) is 18.2 Å². The van der Waals surface area contributed by atoms with Gasteiger partial charge in [0.25, 0.3) is 0 Å². The van der Waals surface area contributed by atoms with Crippen molar-refractivity contribution in [3.8, 4) is 0 Å². The predicted molar refractivity (Wildman–Crippen MR) is 79.1 cm³/mol. The van der Waals surface area contributed by atoms with Gasteiger partial charge in [0.15, 0.2) is 0 Å². The maximum Gasteiger partial charge on any atom is 0.148 e. The molecule has 0 aromatic heterocycles. The summed E-state index contributed by atoms with van der Waals surface area (Å²) in [5.41, 5.74) is 1.85. The molecule has 2 rings (SSSR count). The molecule has 0 aliphatic carbocycles. The second kappa shape index (κ2) is 6.22. The molecule has 0 saturated carbocycles. The van der Waals surface area contributed by atoms with Gasteiger partial charge in [-0.25, -0.2) is 12.8 Å². The van der Waals surface area contributed by atoms with Crippen molar-refractivity contribution in [3.63, 3.8) is 0 Å². The topological polar surface area (TPSA) is 37.4 Å². The molecule has 1 saturated heterocycles. The summed E-state index contributed by atoms with van der Waals surface area (Å²) in [6.07, 6.45) is 3.30. The Labute approximate surface area is 120 Å². The normalized spacial score (nSPS) is 20.4. The summed E-state index contributed by atoms with van der Waals surface area (Å²) in [5.74, 6) is 0.615. The van der Waals surface area contributed by atoms with E-state index in [1.54, 1.807) is 6.92 Å². The molecule has 20 heavy (non-hydrogen) atoms. The van der Waals surface area contributed by atoms with Crippen molar-refractivity contribution in [1.29, 1.82) is 0 Å². The first kappa shape index (κ1) is 15.4. The minimum absolute atomic E-state index is 0.157. The molecule has 1 atom stereocenters. The molecular formula is C15H22FNO2S. The van der Waals surface area contributed by atoms with E-state index in [1.807, 2.05) is 12.1 Å². The van der Waals surface area contributed by atoms with Crippen molar-refractivity contribution in [2.75, 3.05) is 31.6 Å². The van der Waals surface area contributed by atoms with Crippen molar-refractivity contribution in [2.45, 2.75) is 19.8 Å². The SMILES string of the molecule is Cc1cc(CC2CCN(CCS(C)(=O)=O)C2)ccc1F. The van der Waals surface area contributed by atoms with Crippen molar-refractivity contribution in [3.05, 3.63) is 35.1 Å². The Morgan fingerprint density at radius 1 is 1.40 bits per heavy atom. The van der Waals surface area contributed by atoms with Gasteiger partial charge in [-0.15, -0.1) is 0 Å². The molecule has 5 heteroatoms. The molecule has 1 aromatic rings. The fourth-order valence-electron chi connectivity index (χ4n) is 2.74. The van der Waals surface area contributed by atoms with E-state index < -0.39 is 9.84 Å². The maximum absolute atomic E-state index is 13.2. The van der Waals surface area contributed by atoms with Crippen LogP contribution in [0.25, 0.3) is 0 Å². The van der Waals surface area contributed by atoms with Gasteiger partial charge in [-0.3, -0.25) is 0 Å². The zero-order chi connectivity index (χ0) is 14.8. The van der Waals surface area contributed by atoms with Crippen LogP contribution in [-0.4, -0.2) is 45.0 Å². The lowest BCUT2D eigenvalue weighted by atomic mass is 9.97. The molecule has 0 N–H and O–H groups in total. The smallest absolute Gasteiger partial charge is 0.148 e. The van der Waals surface area contributed by atoms with Crippen molar-refractivity contribution >= 4 is 9.84 Å². The van der Waals surface area contributed by atoms with Gasteiger partial charge in [0.05, 0.1) is 5.75 Å². The highest BCUT2D eigenvalue weighted by atomic mass is 32.2. The lowest BCUT2D eigenvalue weighted by molar-refractivity contribution is 0.342. The highest BCUT2D eigenvalue weighted by Crippen LogP contribution is 2.21. The van der Waals surface area contributed by atoms with Crippen LogP contribution < -0.4 is 0 Å². The summed E-state index contributed by atoms with van der Waals surface area (Å²) >= 11 is 0. The third-order valence-electron chi connectivity index (χ3n) is 3.90. The van der Waals surface area contributed by atoms with Crippen LogP contribution in [0.3, 0.4) is 0 Å². The zero-order valence-corrected chi connectivity index (χ0v) is 12.9. The quantitative estimate of drug-likeness (QED) is 0.835. The molecule has 0 spiro atoms. The molecule has 0 bridgehead atoms. The van der Waals surface area contributed by atoms with Gasteiger partial charge in [0, 0.05) is 19.3 Å². The van der Waals surface area contributed by atoms with Crippen LogP contribution in [0.5, 0.6) is 0 Å². The first-order chi connectivity index (χ1) is 9.33. The van der Waals surface area contributed by atoms with Crippen LogP contribution in [-0.2, 0) is 16.3 Å². The van der Waals surface area contributed by atoms with Crippen molar-refractivity contribution in [1.82, 2.24) is 4.90 Å². The second-order valence-corrected chi connectivity index (χ2v) is 8.13. The van der Waals surface area contributed by atoms with E-state index in [4.69, 9.17) is 0 Å². The zero-order valence-electron chi connectivity index (χ0n) is 12.1. The molecule has 1 aliphatic rings. The Bertz CT molecular complexity index is 571. The van der Waals surface area contributed by atoms with E-state index in [0.717, 1.165) is 25.9 Å². The monoisotopic (exact) mass is 299 g/mol. The van der Waals surface area contributed by atoms with Crippen LogP contribution >= 0.6 is 0 Å². The number of aryl methyl sites for hydroxylation is 1. The molecule has 3 nitrogen and oxygen atoms in total. The molecule has 1 fully saturated rings. The molecule has 112 valence electrons. The Balaban J connectivity index is 1.85. The third-order valence-corrected chi connectivity index (χ3v) is 4.82. The van der Waals surface area contributed by atoms with E-state index in [-0.39, 0.29) is 11.6 Å². The molecule has 1 unspecified atom stereocenters. The fraction of sp³-hybridized carbons (Fsp3) is 0.600. The van der Waals surface area contributed by atoms with Gasteiger partial charge in [0.1, 0.15) is 15.7 Å². The summed E-state index contributed by atoms with van der Waals surface area (Å²) in [6.45, 7) is 4.30. The number of benzene rings is 1. The highest BCUT2D eigenvalue weighted by molar-refractivity contribution is 7.90. The van der Waals surface area contributed by atoms with Crippen LogP contribution in [0.4, 0.5) is 4.39 Å². The van der Waals surface area contributed by atoms with Crippen LogP contribution in [0.2, 0.25) is 0 Å². The summed E-state index contributed by atoms with van der Waals surface area (Å²) in [5, 5.41) is 0. The first-order valence-corrected chi connectivity index (χ1v) is 9.04. The Morgan fingerprint density at radius 3 is 2.80 bits per heavy atom. The fourth-order valence-corrected chi connectivity index (χ4v) is 3.33. The lowest BCUT2D eigenvalue weighted by Gasteiger charge is -2.15. The second-order valence-electron chi connectivity index (χ2n) is 5.87. The third kappa shape index (κ3) is 4.56. The minimum Gasteiger partial charge on any atom is -0.302 e. The minimum atomic E-state index is -2.88. The maximum atomic E-state index is 13.2. The Kier molecular flexibility index (Phi) is 4.81. The summed E-state index contributed by atoms with van der Waals surface area (Å²) in [6, 6.07) is 5.29. The van der Waals surface area contributed by atoms with Gasteiger partial charge in [-0.05, 0) is 49.4 Å². The van der Waals surface area contributed by atoms with Crippen molar-refractivity contribution < 1.29 is 12.8 Å². The number of rotatable bonds is 5. The molecular weight excluding hydrogens is 277 g/mol. The van der Waals surface area contributed by atoms with E-state index in [1.165, 1.54) is 17.9 Å². The van der Waals surface area contributed by atoms with Crippen LogP contribution in [0.1, 0.15) is 17.5 Å². The first-order valence-electron chi connectivity index (χ1n) is 6.98. The van der Waals surface area contributed by atoms with Gasteiger partial charge in [0.2, 0.25) is 0 Å². The number of halogens is 1. The van der Waals surface area contributed by atoms with E-state index in [9.17, 15) is 12.8 Å². The van der Waals surface area contributed by atoms with Crippen molar-refractivity contribution in [2.24, 2.45) is 5.92 Å². The number of nitrogens with zero attached hydrogens (tertiary/aromatic N) is 1. The van der Waals surface area contributed by atoms with Gasteiger partial charge in [-0.1, -0.05) is 12.1 Å². The average molecular weight is 299 g/mol. The number of likely N-dealkylation sites (tertiary alicyclic amines) is 1. The number of hydrogen-bond acceptors (Lipinski definition) is 3. The van der Waals surface area contributed by atoms with E-state index in [0.29, 0.717) is 18.0 Å². The molecule has 0 radical (unpaired) electrons. The molecule has 0 amide bonds. The van der Waals surface area contributed by atoms with E-state index in [2.05, 4.69) is 4.90 Å². The largest absolute Gasteiger partial charge is 0.302 e. The van der Waals surface area contributed by atoms with E-state index >= 15 is 0 Å². The summed E-state index contributed by atoms with van der Waals surface area (Å²) < 4.78 is 35.6. The molecule has 1 heterocycles. The Morgan fingerprint density at radius 2 is 2.15 bits per heavy atom. The predicted octanol–water partition coefficient (Wildman–Crippen LogP) is 2.04. The standard InChI is InChI=1S/C15H22FNO2S/c1-12-9-13(3-4-15(12)16)10-14-5-6-17(11-14)7-8-20(2,18)19/h3-4,9,14H,5-8,10-11H2,1-2H3. The highest BCUT2D eigenvalue weighted by Gasteiger charge is 2.23. The van der Waals surface area contributed by atoms with Gasteiger partial charge < -0.3 is 4.90 Å². The van der Waals surface area contributed by atoms with Gasteiger partial charge >= 0.3 is 0 Å². The Hall–Kier alpha value is -0.940. The summed E-state index contributed by atoms with van der Waals surface area (Å²) in [7, 11) is -2.88. The lowest BCUT2D eigenvalue weighted by Crippen LogP contribution is -2.27. The summed E-state index contributed by atoms with van der Waals surface area (Å²) in [4.78, 5) is 2.21. The van der Waals surface area contributed by atoms with Gasteiger partial charge in [-0.2, -0.15) is 0 Å². The van der Waals surface area contributed by atoms with Crippen LogP contribution in [0, 0.1) is 18.7 Å². The molecule has 1 aliphatic heterocycles. The molecule has 1 aromatic carbocycles. The number of sulfone groups is 1. The number of hydrogen-bond donors (Lipinski definition) is 0. The average Bonchev–Trinajstić information content (AvgIpc) is 2.78.